The average Bonchev–Trinajstić information content (AvgIpc) is 2.94. The Morgan fingerprint density at radius 1 is 1.32 bits per heavy atom. The van der Waals surface area contributed by atoms with Crippen molar-refractivity contribution < 1.29 is 4.79 Å². The lowest BCUT2D eigenvalue weighted by Gasteiger charge is -2.32. The third-order valence-electron chi connectivity index (χ3n) is 4.58. The van der Waals surface area contributed by atoms with Gasteiger partial charge in [0.15, 0.2) is 0 Å². The summed E-state index contributed by atoms with van der Waals surface area (Å²) in [5, 5.41) is 7.51. The number of aryl methyl sites for hydroxylation is 2. The van der Waals surface area contributed by atoms with Crippen molar-refractivity contribution >= 4 is 23.5 Å². The van der Waals surface area contributed by atoms with Gasteiger partial charge in [-0.05, 0) is 74.9 Å². The number of nitrogens with zero attached hydrogens (tertiary/aromatic N) is 3. The molecule has 2 heterocycles. The molecular formula is C19H26N4OS. The summed E-state index contributed by atoms with van der Waals surface area (Å²) >= 11 is 1.86. The van der Waals surface area contributed by atoms with E-state index >= 15 is 0 Å². The highest BCUT2D eigenvalue weighted by Gasteiger charge is 2.23. The van der Waals surface area contributed by atoms with Gasteiger partial charge in [0.25, 0.3) is 0 Å². The third-order valence-corrected chi connectivity index (χ3v) is 5.39. The number of thioether (sulfide) groups is 1. The van der Waals surface area contributed by atoms with Crippen molar-refractivity contribution in [2.24, 2.45) is 5.92 Å². The van der Waals surface area contributed by atoms with Crippen molar-refractivity contribution in [3.8, 4) is 5.69 Å². The number of hydrogen-bond donors (Lipinski definition) is 1. The third kappa shape index (κ3) is 4.37. The molecule has 1 atom stereocenters. The maximum Gasteiger partial charge on any atom is 0.321 e. The number of aromatic nitrogens is 2. The molecule has 5 nitrogen and oxygen atoms in total. The van der Waals surface area contributed by atoms with E-state index in [4.69, 9.17) is 0 Å². The minimum atomic E-state index is 0.00432. The van der Waals surface area contributed by atoms with Gasteiger partial charge in [-0.15, -0.1) is 0 Å². The molecule has 3 rings (SSSR count). The number of amides is 2. The van der Waals surface area contributed by atoms with Gasteiger partial charge in [-0.25, -0.2) is 9.48 Å². The average molecular weight is 359 g/mol. The molecule has 1 fully saturated rings. The summed E-state index contributed by atoms with van der Waals surface area (Å²) in [6.45, 7) is 5.73. The first-order valence-electron chi connectivity index (χ1n) is 8.75. The number of hydrogen-bond acceptors (Lipinski definition) is 3. The largest absolute Gasteiger partial charge is 0.324 e. The monoisotopic (exact) mass is 358 g/mol. The molecule has 6 heteroatoms. The van der Waals surface area contributed by atoms with E-state index in [9.17, 15) is 4.79 Å². The minimum Gasteiger partial charge on any atom is -0.324 e. The lowest BCUT2D eigenvalue weighted by atomic mass is 10.0. The van der Waals surface area contributed by atoms with Crippen molar-refractivity contribution in [3.05, 3.63) is 41.7 Å². The van der Waals surface area contributed by atoms with Gasteiger partial charge in [0.2, 0.25) is 0 Å². The number of carbonyl (C=O) groups is 1. The van der Waals surface area contributed by atoms with Crippen molar-refractivity contribution in [1.29, 1.82) is 0 Å². The van der Waals surface area contributed by atoms with Gasteiger partial charge in [0, 0.05) is 24.5 Å². The predicted octanol–water partition coefficient (Wildman–Crippen LogP) is 4.10. The Hall–Kier alpha value is -1.95. The molecule has 134 valence electrons. The summed E-state index contributed by atoms with van der Waals surface area (Å²) in [6, 6.07) is 9.91. The van der Waals surface area contributed by atoms with Gasteiger partial charge in [0.05, 0.1) is 11.4 Å². The Balaban J connectivity index is 1.63. The van der Waals surface area contributed by atoms with Crippen molar-refractivity contribution in [1.82, 2.24) is 14.7 Å². The van der Waals surface area contributed by atoms with E-state index in [-0.39, 0.29) is 6.03 Å². The molecule has 2 amide bonds. The molecule has 1 saturated heterocycles. The number of nitrogens with one attached hydrogen (secondary N) is 1. The van der Waals surface area contributed by atoms with E-state index in [2.05, 4.69) is 22.7 Å². The van der Waals surface area contributed by atoms with Crippen LogP contribution in [-0.4, -0.2) is 45.8 Å². The Kier molecular flexibility index (Phi) is 5.68. The first-order chi connectivity index (χ1) is 12.1. The molecule has 1 aromatic heterocycles. The first kappa shape index (κ1) is 17.9. The molecule has 2 aromatic rings. The number of rotatable bonds is 4. The van der Waals surface area contributed by atoms with E-state index in [1.165, 1.54) is 6.42 Å². The van der Waals surface area contributed by atoms with Crippen LogP contribution in [-0.2, 0) is 0 Å². The number of carbonyl (C=O) groups excluding carboxylic acids is 1. The summed E-state index contributed by atoms with van der Waals surface area (Å²) in [4.78, 5) is 14.5. The smallest absolute Gasteiger partial charge is 0.321 e. The lowest BCUT2D eigenvalue weighted by molar-refractivity contribution is 0.183. The van der Waals surface area contributed by atoms with Crippen LogP contribution in [0.1, 0.15) is 24.2 Å². The first-order valence-corrected chi connectivity index (χ1v) is 10.1. The van der Waals surface area contributed by atoms with Gasteiger partial charge in [-0.1, -0.05) is 0 Å². The molecule has 0 radical (unpaired) electrons. The number of anilines is 1. The zero-order valence-corrected chi connectivity index (χ0v) is 16.0. The van der Waals surface area contributed by atoms with Gasteiger partial charge in [-0.2, -0.15) is 16.9 Å². The highest BCUT2D eigenvalue weighted by molar-refractivity contribution is 7.98. The Bertz CT molecular complexity index is 724. The molecular weight excluding hydrogens is 332 g/mol. The van der Waals surface area contributed by atoms with Gasteiger partial charge in [0.1, 0.15) is 0 Å². The second-order valence-electron chi connectivity index (χ2n) is 6.73. The summed E-state index contributed by atoms with van der Waals surface area (Å²) in [6.07, 6.45) is 4.45. The number of urea groups is 1. The molecule has 0 spiro atoms. The normalized spacial score (nSPS) is 17.6. The van der Waals surface area contributed by atoms with Crippen LogP contribution in [0.5, 0.6) is 0 Å². The molecule has 0 bridgehead atoms. The molecule has 1 N–H and O–H groups in total. The summed E-state index contributed by atoms with van der Waals surface area (Å²) in [5.74, 6) is 1.74. The van der Waals surface area contributed by atoms with Crippen molar-refractivity contribution in [2.75, 3.05) is 30.4 Å². The van der Waals surface area contributed by atoms with E-state index in [1.54, 1.807) is 0 Å². The van der Waals surface area contributed by atoms with E-state index in [1.807, 2.05) is 59.5 Å². The molecule has 25 heavy (non-hydrogen) atoms. The van der Waals surface area contributed by atoms with Crippen molar-refractivity contribution in [2.45, 2.75) is 26.7 Å². The Labute approximate surface area is 153 Å². The van der Waals surface area contributed by atoms with Crippen LogP contribution in [0.25, 0.3) is 5.69 Å². The fraction of sp³-hybridized carbons (Fsp3) is 0.474. The van der Waals surface area contributed by atoms with Crippen LogP contribution >= 0.6 is 11.8 Å². The lowest BCUT2D eigenvalue weighted by Crippen LogP contribution is -2.42. The molecule has 1 aliphatic rings. The highest BCUT2D eigenvalue weighted by atomic mass is 32.2. The topological polar surface area (TPSA) is 50.2 Å². The molecule has 1 aliphatic heterocycles. The van der Waals surface area contributed by atoms with Crippen LogP contribution in [0.2, 0.25) is 0 Å². The fourth-order valence-electron chi connectivity index (χ4n) is 3.40. The second kappa shape index (κ2) is 7.95. The Morgan fingerprint density at radius 3 is 2.72 bits per heavy atom. The Morgan fingerprint density at radius 2 is 2.08 bits per heavy atom. The van der Waals surface area contributed by atoms with E-state index in [0.29, 0.717) is 5.92 Å². The van der Waals surface area contributed by atoms with Gasteiger partial charge >= 0.3 is 6.03 Å². The van der Waals surface area contributed by atoms with E-state index < -0.39 is 0 Å². The number of benzene rings is 1. The van der Waals surface area contributed by atoms with Crippen LogP contribution in [0.4, 0.5) is 10.5 Å². The van der Waals surface area contributed by atoms with Gasteiger partial charge in [-0.3, -0.25) is 0 Å². The summed E-state index contributed by atoms with van der Waals surface area (Å²) in [5.41, 5.74) is 3.92. The minimum absolute atomic E-state index is 0.00432. The van der Waals surface area contributed by atoms with Crippen LogP contribution in [0.3, 0.4) is 0 Å². The fourth-order valence-corrected chi connectivity index (χ4v) is 4.14. The zero-order valence-electron chi connectivity index (χ0n) is 15.2. The summed E-state index contributed by atoms with van der Waals surface area (Å²) in [7, 11) is 0. The van der Waals surface area contributed by atoms with Crippen LogP contribution in [0.15, 0.2) is 30.3 Å². The molecule has 0 saturated carbocycles. The van der Waals surface area contributed by atoms with E-state index in [0.717, 1.165) is 48.0 Å². The predicted molar refractivity (Wildman–Crippen MR) is 105 cm³/mol. The standard InChI is InChI=1S/C19H26N4OS/c1-14-11-15(2)23(21-14)18-8-6-17(7-9-18)20-19(24)22-10-4-5-16(12-22)13-25-3/h6-9,11,16H,4-5,10,12-13H2,1-3H3,(H,20,24). The second-order valence-corrected chi connectivity index (χ2v) is 7.64. The van der Waals surface area contributed by atoms with Crippen molar-refractivity contribution in [3.63, 3.8) is 0 Å². The van der Waals surface area contributed by atoms with Crippen LogP contribution in [0, 0.1) is 19.8 Å². The molecule has 0 aliphatic carbocycles. The number of likely N-dealkylation sites (tertiary alicyclic amines) is 1. The quantitative estimate of drug-likeness (QED) is 0.895. The number of piperidine rings is 1. The maximum absolute atomic E-state index is 12.5. The molecule has 1 aromatic carbocycles. The highest BCUT2D eigenvalue weighted by Crippen LogP contribution is 2.21. The zero-order chi connectivity index (χ0) is 17.8. The maximum atomic E-state index is 12.5. The van der Waals surface area contributed by atoms with Gasteiger partial charge < -0.3 is 10.2 Å². The van der Waals surface area contributed by atoms with Crippen LogP contribution < -0.4 is 5.32 Å². The molecule has 1 unspecified atom stereocenters. The summed E-state index contributed by atoms with van der Waals surface area (Å²) < 4.78 is 1.92. The SMILES string of the molecule is CSCC1CCCN(C(=O)Nc2ccc(-n3nc(C)cc3C)cc2)C1.